The first-order valence-electron chi connectivity index (χ1n) is 10.7. The van der Waals surface area contributed by atoms with E-state index in [1.54, 1.807) is 26.0 Å². The molecule has 0 saturated carbocycles. The van der Waals surface area contributed by atoms with Gasteiger partial charge in [-0.1, -0.05) is 18.2 Å². The molecular formula is C25H21F6NO3. The van der Waals surface area contributed by atoms with Gasteiger partial charge in [-0.05, 0) is 54.8 Å². The van der Waals surface area contributed by atoms with Crippen molar-refractivity contribution >= 4 is 17.4 Å². The van der Waals surface area contributed by atoms with Gasteiger partial charge in [-0.3, -0.25) is 9.59 Å². The van der Waals surface area contributed by atoms with E-state index in [1.165, 1.54) is 17.2 Å². The number of ether oxygens (including phenoxy) is 1. The Morgan fingerprint density at radius 2 is 1.60 bits per heavy atom. The average molecular weight is 497 g/mol. The fourth-order valence-corrected chi connectivity index (χ4v) is 4.84. The summed E-state index contributed by atoms with van der Waals surface area (Å²) in [7, 11) is 0. The number of para-hydroxylation sites is 1. The number of carbonyl (C=O) groups excluding carboxylic acids is 2. The largest absolute Gasteiger partial charge is 0.500 e. The van der Waals surface area contributed by atoms with Crippen LogP contribution in [0.2, 0.25) is 0 Å². The lowest BCUT2D eigenvalue weighted by Crippen LogP contribution is -2.45. The van der Waals surface area contributed by atoms with E-state index in [4.69, 9.17) is 4.74 Å². The highest BCUT2D eigenvalue weighted by atomic mass is 19.4. The third-order valence-electron chi connectivity index (χ3n) is 6.55. The summed E-state index contributed by atoms with van der Waals surface area (Å²) < 4.78 is 85.0. The number of alkyl halides is 6. The van der Waals surface area contributed by atoms with Gasteiger partial charge in [0.2, 0.25) is 5.91 Å². The molecule has 2 aromatic rings. The van der Waals surface area contributed by atoms with Crippen LogP contribution in [0.3, 0.4) is 0 Å². The molecule has 0 bridgehead atoms. The number of hydrogen-bond acceptors (Lipinski definition) is 3. The van der Waals surface area contributed by atoms with Crippen LogP contribution >= 0.6 is 0 Å². The van der Waals surface area contributed by atoms with Crippen LogP contribution in [-0.4, -0.2) is 24.8 Å². The van der Waals surface area contributed by atoms with Crippen molar-refractivity contribution in [3.8, 4) is 0 Å². The first-order valence-corrected chi connectivity index (χ1v) is 10.7. The number of benzene rings is 2. The summed E-state index contributed by atoms with van der Waals surface area (Å²) in [4.78, 5) is 28.3. The second-order valence-electron chi connectivity index (χ2n) is 8.95. The fraction of sp³-hybridized carbons (Fsp3) is 0.360. The van der Waals surface area contributed by atoms with E-state index < -0.39 is 52.6 Å². The average Bonchev–Trinajstić information content (AvgIpc) is 3.06. The summed E-state index contributed by atoms with van der Waals surface area (Å²) in [5.74, 6) is -1.99. The van der Waals surface area contributed by atoms with Crippen molar-refractivity contribution in [3.05, 3.63) is 76.6 Å². The lowest BCUT2D eigenvalue weighted by Gasteiger charge is -2.32. The maximum atomic E-state index is 13.5. The Morgan fingerprint density at radius 1 is 1.03 bits per heavy atom. The monoisotopic (exact) mass is 497 g/mol. The van der Waals surface area contributed by atoms with E-state index >= 15 is 0 Å². The SMILES string of the molecule is Cc1cccc(C)c1N1CC2(C(=O)Cc3cc(C(F)(F)F)cc(C(F)(F)F)c3)COC=CC2C1=O. The Kier molecular flexibility index (Phi) is 5.97. The lowest BCUT2D eigenvalue weighted by atomic mass is 9.72. The molecule has 1 fully saturated rings. The Hall–Kier alpha value is -3.30. The second-order valence-corrected chi connectivity index (χ2v) is 8.95. The third-order valence-corrected chi connectivity index (χ3v) is 6.55. The van der Waals surface area contributed by atoms with Crippen molar-refractivity contribution in [1.29, 1.82) is 0 Å². The number of hydrogen-bond donors (Lipinski definition) is 0. The molecule has 0 N–H and O–H groups in total. The van der Waals surface area contributed by atoms with Crippen LogP contribution in [0.5, 0.6) is 0 Å². The van der Waals surface area contributed by atoms with Crippen LogP contribution in [0, 0.1) is 25.2 Å². The molecule has 4 nitrogen and oxygen atoms in total. The number of amides is 1. The molecule has 186 valence electrons. The number of nitrogens with zero attached hydrogens (tertiary/aromatic N) is 1. The summed E-state index contributed by atoms with van der Waals surface area (Å²) in [5, 5.41) is 0. The van der Waals surface area contributed by atoms with Crippen molar-refractivity contribution < 1.29 is 40.7 Å². The zero-order valence-electron chi connectivity index (χ0n) is 18.8. The van der Waals surface area contributed by atoms with Gasteiger partial charge in [-0.15, -0.1) is 0 Å². The van der Waals surface area contributed by atoms with Crippen molar-refractivity contribution in [3.63, 3.8) is 0 Å². The van der Waals surface area contributed by atoms with E-state index in [0.29, 0.717) is 17.8 Å². The highest BCUT2D eigenvalue weighted by molar-refractivity contribution is 6.06. The number of halogens is 6. The van der Waals surface area contributed by atoms with E-state index in [0.717, 1.165) is 11.1 Å². The minimum absolute atomic E-state index is 0.0172. The smallest absolute Gasteiger partial charge is 0.416 e. The van der Waals surface area contributed by atoms with Gasteiger partial charge < -0.3 is 9.64 Å². The number of fused-ring (bicyclic) bond motifs is 1. The maximum Gasteiger partial charge on any atom is 0.416 e. The van der Waals surface area contributed by atoms with Crippen molar-refractivity contribution in [2.45, 2.75) is 32.6 Å². The van der Waals surface area contributed by atoms with Gasteiger partial charge in [0.15, 0.2) is 0 Å². The summed E-state index contributed by atoms with van der Waals surface area (Å²) in [6, 6.07) is 6.52. The summed E-state index contributed by atoms with van der Waals surface area (Å²) in [5.41, 5.74) is -2.68. The summed E-state index contributed by atoms with van der Waals surface area (Å²) >= 11 is 0. The van der Waals surface area contributed by atoms with Gasteiger partial charge in [-0.2, -0.15) is 26.3 Å². The van der Waals surface area contributed by atoms with Crippen LogP contribution in [0.4, 0.5) is 32.0 Å². The van der Waals surface area contributed by atoms with Gasteiger partial charge in [0.05, 0.1) is 28.7 Å². The number of anilines is 1. The van der Waals surface area contributed by atoms with E-state index in [-0.39, 0.29) is 25.1 Å². The Morgan fingerprint density at radius 3 is 2.14 bits per heavy atom. The zero-order chi connectivity index (χ0) is 25.8. The molecule has 2 aliphatic rings. The molecule has 2 aliphatic heterocycles. The first kappa shape index (κ1) is 24.8. The molecule has 2 aromatic carbocycles. The molecule has 0 spiro atoms. The van der Waals surface area contributed by atoms with E-state index in [9.17, 15) is 35.9 Å². The molecule has 2 atom stereocenters. The molecule has 2 unspecified atom stereocenters. The number of Topliss-reactive ketones (excluding diaryl/α,β-unsaturated/α-hetero) is 1. The summed E-state index contributed by atoms with van der Waals surface area (Å²) in [6.45, 7) is 3.29. The fourth-order valence-electron chi connectivity index (χ4n) is 4.84. The number of carbonyl (C=O) groups is 2. The molecule has 1 saturated heterocycles. The molecule has 4 rings (SSSR count). The minimum Gasteiger partial charge on any atom is -0.500 e. The highest BCUT2D eigenvalue weighted by Gasteiger charge is 2.58. The number of aryl methyl sites for hydroxylation is 2. The van der Waals surface area contributed by atoms with Crippen LogP contribution in [0.25, 0.3) is 0 Å². The number of rotatable bonds is 4. The van der Waals surface area contributed by atoms with Gasteiger partial charge in [-0.25, -0.2) is 0 Å². The topological polar surface area (TPSA) is 46.6 Å². The molecule has 0 radical (unpaired) electrons. The molecule has 10 heteroatoms. The predicted molar refractivity (Wildman–Crippen MR) is 114 cm³/mol. The van der Waals surface area contributed by atoms with Gasteiger partial charge in [0.1, 0.15) is 12.4 Å². The van der Waals surface area contributed by atoms with Crippen LogP contribution in [0.1, 0.15) is 27.8 Å². The van der Waals surface area contributed by atoms with Crippen LogP contribution in [0.15, 0.2) is 48.7 Å². The normalized spacial score (nSPS) is 22.2. The Balaban J connectivity index is 1.73. The molecule has 0 aromatic heterocycles. The zero-order valence-corrected chi connectivity index (χ0v) is 18.8. The van der Waals surface area contributed by atoms with E-state index in [1.807, 2.05) is 6.07 Å². The third kappa shape index (κ3) is 4.41. The van der Waals surface area contributed by atoms with E-state index in [2.05, 4.69) is 0 Å². The van der Waals surface area contributed by atoms with Crippen LogP contribution < -0.4 is 4.90 Å². The highest BCUT2D eigenvalue weighted by Crippen LogP contribution is 2.46. The van der Waals surface area contributed by atoms with Crippen molar-refractivity contribution in [1.82, 2.24) is 0 Å². The maximum absolute atomic E-state index is 13.5. The molecule has 0 aliphatic carbocycles. The quantitative estimate of drug-likeness (QED) is 0.514. The molecule has 35 heavy (non-hydrogen) atoms. The molecule has 1 amide bonds. The Bertz CT molecular complexity index is 1160. The number of ketones is 1. The van der Waals surface area contributed by atoms with Crippen LogP contribution in [-0.2, 0) is 33.1 Å². The predicted octanol–water partition coefficient (Wildman–Crippen LogP) is 5.65. The Labute approximate surface area is 197 Å². The van der Waals surface area contributed by atoms with Gasteiger partial charge >= 0.3 is 12.4 Å². The van der Waals surface area contributed by atoms with Crippen molar-refractivity contribution in [2.75, 3.05) is 18.1 Å². The van der Waals surface area contributed by atoms with Gasteiger partial charge in [0.25, 0.3) is 0 Å². The lowest BCUT2D eigenvalue weighted by molar-refractivity contribution is -0.143. The standard InChI is InChI=1S/C25H21F6NO3/c1-14-4-3-5-15(2)21(14)32-12-23(13-35-7-6-19(23)22(32)34)20(33)10-16-8-17(24(26,27)28)11-18(9-16)25(29,30)31/h3-9,11,19H,10,12-13H2,1-2H3. The first-order chi connectivity index (χ1) is 16.2. The minimum atomic E-state index is -5.03. The van der Waals surface area contributed by atoms with Gasteiger partial charge in [0, 0.05) is 18.7 Å². The molecule has 2 heterocycles. The van der Waals surface area contributed by atoms with Crippen molar-refractivity contribution in [2.24, 2.45) is 11.3 Å². The second kappa shape index (κ2) is 8.42. The molecular weight excluding hydrogens is 476 g/mol. The summed E-state index contributed by atoms with van der Waals surface area (Å²) in [6.07, 6.45) is -8.06.